The molecular weight excluding hydrogens is 416 g/mol. The monoisotopic (exact) mass is 442 g/mol. The average molecular weight is 443 g/mol. The van der Waals surface area contributed by atoms with Gasteiger partial charge in [0.2, 0.25) is 0 Å². The van der Waals surface area contributed by atoms with Gasteiger partial charge >= 0.3 is 0 Å². The van der Waals surface area contributed by atoms with Gasteiger partial charge in [-0.25, -0.2) is 13.4 Å². The number of ether oxygens (including phenoxy) is 1. The lowest BCUT2D eigenvalue weighted by Crippen LogP contribution is -2.25. The van der Waals surface area contributed by atoms with Crippen LogP contribution in [0.15, 0.2) is 65.8 Å². The molecule has 164 valence electrons. The molecule has 0 radical (unpaired) electrons. The Kier molecular flexibility index (Phi) is 7.30. The summed E-state index contributed by atoms with van der Waals surface area (Å²) in [6, 6.07) is 12.6. The predicted octanol–water partition coefficient (Wildman–Crippen LogP) is 3.21. The first-order valence-electron chi connectivity index (χ1n) is 10.0. The van der Waals surface area contributed by atoms with E-state index < -0.39 is 10.0 Å². The summed E-state index contributed by atoms with van der Waals surface area (Å²) in [5, 5.41) is 2.86. The van der Waals surface area contributed by atoms with E-state index in [9.17, 15) is 13.2 Å². The Hall–Kier alpha value is -3.33. The molecule has 2 aromatic carbocycles. The van der Waals surface area contributed by atoms with Crippen molar-refractivity contribution in [3.63, 3.8) is 0 Å². The van der Waals surface area contributed by atoms with Gasteiger partial charge in [0, 0.05) is 36.7 Å². The van der Waals surface area contributed by atoms with E-state index in [1.807, 2.05) is 24.6 Å². The molecule has 3 aromatic rings. The fourth-order valence-electron chi connectivity index (χ4n) is 3.01. The largest absolute Gasteiger partial charge is 0.494 e. The van der Waals surface area contributed by atoms with Crippen molar-refractivity contribution >= 4 is 21.6 Å². The van der Waals surface area contributed by atoms with Crippen LogP contribution in [0, 0.1) is 6.92 Å². The summed E-state index contributed by atoms with van der Waals surface area (Å²) in [6.07, 6.45) is 4.40. The number of nitrogens with one attached hydrogen (secondary N) is 2. The summed E-state index contributed by atoms with van der Waals surface area (Å²) in [4.78, 5) is 16.7. The molecule has 0 aliphatic carbocycles. The lowest BCUT2D eigenvalue weighted by atomic mass is 10.2. The second-order valence-corrected chi connectivity index (χ2v) is 8.55. The molecule has 31 heavy (non-hydrogen) atoms. The zero-order valence-electron chi connectivity index (χ0n) is 17.5. The van der Waals surface area contributed by atoms with Crippen molar-refractivity contribution in [2.24, 2.45) is 0 Å². The second-order valence-electron chi connectivity index (χ2n) is 6.87. The van der Waals surface area contributed by atoms with Gasteiger partial charge in [0.05, 0.1) is 11.5 Å². The predicted molar refractivity (Wildman–Crippen MR) is 119 cm³/mol. The van der Waals surface area contributed by atoms with Gasteiger partial charge in [-0.2, -0.15) is 0 Å². The van der Waals surface area contributed by atoms with Crippen molar-refractivity contribution < 1.29 is 17.9 Å². The quantitative estimate of drug-likeness (QED) is 0.470. The molecule has 1 aromatic heterocycles. The number of benzene rings is 2. The third kappa shape index (κ3) is 6.08. The minimum absolute atomic E-state index is 0.112. The molecule has 8 nitrogen and oxygen atoms in total. The lowest BCUT2D eigenvalue weighted by Gasteiger charge is -2.11. The number of aryl methyl sites for hydroxylation is 2. The number of hydrogen-bond donors (Lipinski definition) is 2. The Morgan fingerprint density at radius 3 is 2.61 bits per heavy atom. The Morgan fingerprint density at radius 2 is 1.94 bits per heavy atom. The highest BCUT2D eigenvalue weighted by Crippen LogP contribution is 2.20. The lowest BCUT2D eigenvalue weighted by molar-refractivity contribution is 0.0952. The molecule has 2 N–H and O–H groups in total. The number of aromatic nitrogens is 2. The van der Waals surface area contributed by atoms with Crippen LogP contribution in [0.5, 0.6) is 5.75 Å². The first-order valence-corrected chi connectivity index (χ1v) is 11.5. The van der Waals surface area contributed by atoms with Gasteiger partial charge in [0.15, 0.2) is 0 Å². The van der Waals surface area contributed by atoms with Gasteiger partial charge in [-0.1, -0.05) is 6.07 Å². The highest BCUT2D eigenvalue weighted by molar-refractivity contribution is 7.92. The van der Waals surface area contributed by atoms with Gasteiger partial charge < -0.3 is 14.6 Å². The molecule has 0 unspecified atom stereocenters. The SMILES string of the molecule is CCOc1ccc(S(=O)(=O)Nc2cccc(C(=O)NCCCn3ccnc3C)c2)cc1. The first-order chi connectivity index (χ1) is 14.9. The van der Waals surface area contributed by atoms with E-state index >= 15 is 0 Å². The Bertz CT molecular complexity index is 1120. The van der Waals surface area contributed by atoms with E-state index in [2.05, 4.69) is 15.0 Å². The van der Waals surface area contributed by atoms with Gasteiger partial charge in [-0.15, -0.1) is 0 Å². The smallest absolute Gasteiger partial charge is 0.261 e. The van der Waals surface area contributed by atoms with Crippen LogP contribution in [0.3, 0.4) is 0 Å². The van der Waals surface area contributed by atoms with E-state index in [-0.39, 0.29) is 10.8 Å². The number of hydrogen-bond acceptors (Lipinski definition) is 5. The van der Waals surface area contributed by atoms with Gasteiger partial charge in [0.1, 0.15) is 11.6 Å². The Balaban J connectivity index is 1.58. The minimum atomic E-state index is -3.78. The van der Waals surface area contributed by atoms with E-state index in [1.54, 1.807) is 36.5 Å². The van der Waals surface area contributed by atoms with Crippen LogP contribution in [0.25, 0.3) is 0 Å². The average Bonchev–Trinajstić information content (AvgIpc) is 3.16. The molecule has 3 rings (SSSR count). The Labute approximate surface area is 182 Å². The standard InChI is InChI=1S/C22H26N4O4S/c1-3-30-20-8-10-21(11-9-20)31(28,29)25-19-7-4-6-18(16-19)22(27)24-12-5-14-26-15-13-23-17(26)2/h4,6-11,13,15-16,25H,3,5,12,14H2,1-2H3,(H,24,27). The van der Waals surface area contributed by atoms with Crippen molar-refractivity contribution in [1.82, 2.24) is 14.9 Å². The van der Waals surface area contributed by atoms with Gasteiger partial charge in [0.25, 0.3) is 15.9 Å². The third-order valence-electron chi connectivity index (χ3n) is 4.61. The molecule has 0 bridgehead atoms. The number of amides is 1. The third-order valence-corrected chi connectivity index (χ3v) is 6.00. The summed E-state index contributed by atoms with van der Waals surface area (Å²) in [7, 11) is -3.78. The molecule has 1 amide bonds. The summed E-state index contributed by atoms with van der Waals surface area (Å²) in [5.41, 5.74) is 0.696. The molecule has 0 aliphatic heterocycles. The molecule has 0 saturated heterocycles. The zero-order chi connectivity index (χ0) is 22.3. The zero-order valence-corrected chi connectivity index (χ0v) is 18.4. The van der Waals surface area contributed by atoms with E-state index in [0.717, 1.165) is 18.8 Å². The number of imidazole rings is 1. The molecule has 0 spiro atoms. The highest BCUT2D eigenvalue weighted by atomic mass is 32.2. The Morgan fingerprint density at radius 1 is 1.16 bits per heavy atom. The summed E-state index contributed by atoms with van der Waals surface area (Å²) >= 11 is 0. The molecule has 9 heteroatoms. The normalized spacial score (nSPS) is 11.2. The number of anilines is 1. The van der Waals surface area contributed by atoms with Crippen molar-refractivity contribution in [2.45, 2.75) is 31.7 Å². The van der Waals surface area contributed by atoms with Crippen LogP contribution in [0.2, 0.25) is 0 Å². The molecule has 0 atom stereocenters. The highest BCUT2D eigenvalue weighted by Gasteiger charge is 2.15. The number of sulfonamides is 1. The number of rotatable bonds is 10. The summed E-state index contributed by atoms with van der Waals surface area (Å²) < 4.78 is 35.2. The molecule has 0 fully saturated rings. The maximum atomic E-state index is 12.6. The topological polar surface area (TPSA) is 102 Å². The van der Waals surface area contributed by atoms with Crippen LogP contribution in [-0.2, 0) is 16.6 Å². The van der Waals surface area contributed by atoms with Crippen molar-refractivity contribution in [1.29, 1.82) is 0 Å². The van der Waals surface area contributed by atoms with Crippen LogP contribution in [0.4, 0.5) is 5.69 Å². The molecule has 1 heterocycles. The summed E-state index contributed by atoms with van der Waals surface area (Å²) in [5.74, 6) is 1.27. The van der Waals surface area contributed by atoms with Crippen LogP contribution in [-0.4, -0.2) is 37.0 Å². The molecular formula is C22H26N4O4S. The number of carbonyl (C=O) groups excluding carboxylic acids is 1. The van der Waals surface area contributed by atoms with Crippen LogP contribution >= 0.6 is 0 Å². The first kappa shape index (κ1) is 22.4. The summed E-state index contributed by atoms with van der Waals surface area (Å²) in [6.45, 7) is 5.55. The van der Waals surface area contributed by atoms with Crippen LogP contribution in [0.1, 0.15) is 29.5 Å². The second kappa shape index (κ2) is 10.1. The maximum absolute atomic E-state index is 12.6. The van der Waals surface area contributed by atoms with E-state index in [0.29, 0.717) is 30.2 Å². The van der Waals surface area contributed by atoms with Gasteiger partial charge in [-0.05, 0) is 62.7 Å². The fraction of sp³-hybridized carbons (Fsp3) is 0.273. The minimum Gasteiger partial charge on any atom is -0.494 e. The van der Waals surface area contributed by atoms with E-state index in [4.69, 9.17) is 4.74 Å². The van der Waals surface area contributed by atoms with Crippen molar-refractivity contribution in [3.05, 3.63) is 72.3 Å². The fourth-order valence-corrected chi connectivity index (χ4v) is 4.06. The van der Waals surface area contributed by atoms with Gasteiger partial charge in [-0.3, -0.25) is 9.52 Å². The molecule has 0 aliphatic rings. The maximum Gasteiger partial charge on any atom is 0.261 e. The van der Waals surface area contributed by atoms with Crippen molar-refractivity contribution in [3.8, 4) is 5.75 Å². The molecule has 0 saturated carbocycles. The van der Waals surface area contributed by atoms with Crippen molar-refractivity contribution in [2.75, 3.05) is 17.9 Å². The van der Waals surface area contributed by atoms with E-state index in [1.165, 1.54) is 18.2 Å². The number of nitrogens with zero attached hydrogens (tertiary/aromatic N) is 2. The number of carbonyl (C=O) groups is 1. The van der Waals surface area contributed by atoms with Crippen LogP contribution < -0.4 is 14.8 Å².